The molecule has 0 saturated carbocycles. The van der Waals surface area contributed by atoms with Crippen LogP contribution in [0.3, 0.4) is 0 Å². The van der Waals surface area contributed by atoms with E-state index in [9.17, 15) is 22.4 Å². The Bertz CT molecular complexity index is 1110. The van der Waals surface area contributed by atoms with Crippen LogP contribution in [0.15, 0.2) is 48.9 Å². The van der Waals surface area contributed by atoms with Crippen molar-refractivity contribution in [3.8, 4) is 11.1 Å². The lowest BCUT2D eigenvalue weighted by molar-refractivity contribution is -0.140. The van der Waals surface area contributed by atoms with E-state index in [2.05, 4.69) is 9.97 Å². The van der Waals surface area contributed by atoms with Crippen LogP contribution in [0, 0.1) is 12.7 Å². The molecule has 1 aromatic carbocycles. The zero-order valence-corrected chi connectivity index (χ0v) is 15.3. The third-order valence-electron chi connectivity index (χ3n) is 4.94. The lowest BCUT2D eigenvalue weighted by Gasteiger charge is -2.19. The molecule has 4 rings (SSSR count). The van der Waals surface area contributed by atoms with Gasteiger partial charge in [0.1, 0.15) is 5.82 Å². The minimum atomic E-state index is -4.80. The summed E-state index contributed by atoms with van der Waals surface area (Å²) < 4.78 is 52.7. The van der Waals surface area contributed by atoms with E-state index in [-0.39, 0.29) is 24.4 Å². The molecule has 0 spiro atoms. The van der Waals surface area contributed by atoms with Crippen LogP contribution >= 0.6 is 0 Å². The van der Waals surface area contributed by atoms with E-state index < -0.39 is 17.6 Å². The van der Waals surface area contributed by atoms with Gasteiger partial charge in [0.25, 0.3) is 0 Å². The van der Waals surface area contributed by atoms with Crippen molar-refractivity contribution in [3.63, 3.8) is 0 Å². The largest absolute Gasteiger partial charge is 0.419 e. The lowest BCUT2D eigenvalue weighted by Crippen LogP contribution is -2.26. The Morgan fingerprint density at radius 2 is 1.90 bits per heavy atom. The average molecular weight is 401 g/mol. The number of nitrogens with zero attached hydrogens (tertiary/aromatic N) is 3. The lowest BCUT2D eigenvalue weighted by atomic mass is 10.0. The third-order valence-corrected chi connectivity index (χ3v) is 4.94. The van der Waals surface area contributed by atoms with Gasteiger partial charge in [-0.05, 0) is 47.9 Å². The number of carbonyl (C=O) groups is 1. The van der Waals surface area contributed by atoms with Gasteiger partial charge in [-0.25, -0.2) is 4.39 Å². The van der Waals surface area contributed by atoms with Gasteiger partial charge in [0, 0.05) is 24.2 Å². The fourth-order valence-electron chi connectivity index (χ4n) is 3.31. The number of benzene rings is 1. The normalized spacial score (nSPS) is 13.7. The van der Waals surface area contributed by atoms with Crippen LogP contribution in [0.5, 0.6) is 0 Å². The Hall–Kier alpha value is -3.29. The Morgan fingerprint density at radius 1 is 1.10 bits per heavy atom. The van der Waals surface area contributed by atoms with Gasteiger partial charge in [0.15, 0.2) is 0 Å². The van der Waals surface area contributed by atoms with Gasteiger partial charge in [0.2, 0.25) is 5.91 Å². The summed E-state index contributed by atoms with van der Waals surface area (Å²) >= 11 is 0. The molecule has 2 aromatic heterocycles. The van der Waals surface area contributed by atoms with Crippen molar-refractivity contribution in [2.24, 2.45) is 0 Å². The van der Waals surface area contributed by atoms with Crippen LogP contribution in [-0.4, -0.2) is 15.9 Å². The van der Waals surface area contributed by atoms with Crippen molar-refractivity contribution >= 4 is 11.6 Å². The predicted octanol–water partition coefficient (Wildman–Crippen LogP) is 4.70. The maximum absolute atomic E-state index is 13.6. The van der Waals surface area contributed by atoms with Crippen molar-refractivity contribution < 1.29 is 22.4 Å². The monoisotopic (exact) mass is 401 g/mol. The second kappa shape index (κ2) is 6.95. The third kappa shape index (κ3) is 3.57. The summed E-state index contributed by atoms with van der Waals surface area (Å²) in [4.78, 5) is 22.4. The minimum Gasteiger partial charge on any atom is -0.306 e. The molecule has 29 heavy (non-hydrogen) atoms. The highest BCUT2D eigenvalue weighted by atomic mass is 19.4. The fraction of sp³-hybridized carbons (Fsp3) is 0.190. The molecule has 0 unspecified atom stereocenters. The number of anilines is 1. The maximum atomic E-state index is 13.6. The number of alkyl halides is 3. The van der Waals surface area contributed by atoms with Gasteiger partial charge in [-0.15, -0.1) is 0 Å². The van der Waals surface area contributed by atoms with Crippen LogP contribution < -0.4 is 4.90 Å². The molecule has 0 radical (unpaired) electrons. The van der Waals surface area contributed by atoms with E-state index >= 15 is 0 Å². The quantitative estimate of drug-likeness (QED) is 0.598. The van der Waals surface area contributed by atoms with E-state index in [4.69, 9.17) is 0 Å². The summed E-state index contributed by atoms with van der Waals surface area (Å²) in [6.07, 6.45) is 0.0486. The van der Waals surface area contributed by atoms with Crippen LogP contribution in [-0.2, 0) is 23.9 Å². The van der Waals surface area contributed by atoms with Gasteiger partial charge in [0.05, 0.1) is 29.9 Å². The van der Waals surface area contributed by atoms with Crippen molar-refractivity contribution in [2.45, 2.75) is 26.1 Å². The van der Waals surface area contributed by atoms with E-state index in [1.165, 1.54) is 12.3 Å². The molecule has 0 bridgehead atoms. The number of rotatable bonds is 3. The van der Waals surface area contributed by atoms with Gasteiger partial charge >= 0.3 is 6.18 Å². The first-order valence-corrected chi connectivity index (χ1v) is 8.80. The second-order valence-corrected chi connectivity index (χ2v) is 6.84. The average Bonchev–Trinajstić information content (AvgIpc) is 2.97. The zero-order valence-electron chi connectivity index (χ0n) is 15.3. The summed E-state index contributed by atoms with van der Waals surface area (Å²) in [7, 11) is 0. The molecule has 3 aromatic rings. The molecule has 148 valence electrons. The first-order chi connectivity index (χ1) is 13.7. The molecule has 1 amide bonds. The second-order valence-electron chi connectivity index (χ2n) is 6.84. The highest BCUT2D eigenvalue weighted by molar-refractivity contribution is 6.01. The van der Waals surface area contributed by atoms with Crippen LogP contribution in [0.2, 0.25) is 0 Å². The predicted molar refractivity (Wildman–Crippen MR) is 98.5 cm³/mol. The summed E-state index contributed by atoms with van der Waals surface area (Å²) in [6, 6.07) is 6.26. The zero-order chi connectivity index (χ0) is 20.8. The molecular weight excluding hydrogens is 386 g/mol. The van der Waals surface area contributed by atoms with Crippen molar-refractivity contribution in [2.75, 3.05) is 4.90 Å². The highest BCUT2D eigenvalue weighted by Crippen LogP contribution is 2.37. The number of aromatic nitrogens is 2. The number of carbonyl (C=O) groups excluding carboxylic acids is 1. The standard InChI is InChI=1S/C21H15F4N3O/c1-12-4-5-26-9-15(12)11-28-19-7-14(10-27-18(19)8-20(28)29)13-2-3-17(22)16(6-13)21(23,24)25/h2-7,9-10H,8,11H2,1H3. The minimum absolute atomic E-state index is 0.117. The number of halogens is 4. The molecule has 3 heterocycles. The Balaban J connectivity index is 1.73. The van der Waals surface area contributed by atoms with Gasteiger partial charge in [-0.2, -0.15) is 13.2 Å². The molecule has 4 nitrogen and oxygen atoms in total. The molecule has 1 aliphatic rings. The van der Waals surface area contributed by atoms with Gasteiger partial charge in [-0.1, -0.05) is 6.07 Å². The number of aryl methyl sites for hydroxylation is 1. The number of hydrogen-bond donors (Lipinski definition) is 0. The molecule has 1 aliphatic heterocycles. The molecule has 0 fully saturated rings. The molecule has 0 N–H and O–H groups in total. The number of fused-ring (bicyclic) bond motifs is 1. The van der Waals surface area contributed by atoms with Crippen LogP contribution in [0.4, 0.5) is 23.2 Å². The van der Waals surface area contributed by atoms with Crippen LogP contribution in [0.25, 0.3) is 11.1 Å². The maximum Gasteiger partial charge on any atom is 0.419 e. The van der Waals surface area contributed by atoms with Crippen LogP contribution in [0.1, 0.15) is 22.4 Å². The Kier molecular flexibility index (Phi) is 4.56. The first-order valence-electron chi connectivity index (χ1n) is 8.80. The number of pyridine rings is 2. The smallest absolute Gasteiger partial charge is 0.306 e. The Morgan fingerprint density at radius 3 is 2.62 bits per heavy atom. The molecular formula is C21H15F4N3O. The SMILES string of the molecule is Cc1ccncc1CN1C(=O)Cc2ncc(-c3ccc(F)c(C(F)(F)F)c3)cc21. The van der Waals surface area contributed by atoms with E-state index in [0.717, 1.165) is 23.3 Å². The van der Waals surface area contributed by atoms with Gasteiger partial charge in [-0.3, -0.25) is 14.8 Å². The molecule has 8 heteroatoms. The van der Waals surface area contributed by atoms with Crippen molar-refractivity contribution in [3.05, 3.63) is 77.1 Å². The van der Waals surface area contributed by atoms with Crippen molar-refractivity contribution in [1.29, 1.82) is 0 Å². The fourth-order valence-corrected chi connectivity index (χ4v) is 3.31. The summed E-state index contributed by atoms with van der Waals surface area (Å²) in [6.45, 7) is 2.19. The first kappa shape index (κ1) is 19.0. The van der Waals surface area contributed by atoms with E-state index in [0.29, 0.717) is 16.9 Å². The Labute approximate surface area is 163 Å². The summed E-state index contributed by atoms with van der Waals surface area (Å²) in [5.74, 6) is -1.48. The highest BCUT2D eigenvalue weighted by Gasteiger charge is 2.34. The topological polar surface area (TPSA) is 46.1 Å². The van der Waals surface area contributed by atoms with E-state index in [1.54, 1.807) is 23.4 Å². The molecule has 0 aliphatic carbocycles. The molecule has 0 saturated heterocycles. The summed E-state index contributed by atoms with van der Waals surface area (Å²) in [5, 5.41) is 0. The number of hydrogen-bond acceptors (Lipinski definition) is 3. The van der Waals surface area contributed by atoms with Crippen molar-refractivity contribution in [1.82, 2.24) is 9.97 Å². The van der Waals surface area contributed by atoms with Gasteiger partial charge < -0.3 is 4.90 Å². The summed E-state index contributed by atoms with van der Waals surface area (Å²) in [5.41, 5.74) is 2.13. The molecule has 0 atom stereocenters. The number of amides is 1. The van der Waals surface area contributed by atoms with E-state index in [1.807, 2.05) is 13.0 Å².